The molecular formula is C24H16ClNO4S2. The molecule has 3 aromatic rings. The van der Waals surface area contributed by atoms with Crippen LogP contribution in [0.15, 0.2) is 71.6 Å². The van der Waals surface area contributed by atoms with Gasteiger partial charge in [-0.3, -0.25) is 9.69 Å². The second kappa shape index (κ2) is 8.86. The van der Waals surface area contributed by atoms with Gasteiger partial charge in [-0.2, -0.15) is 0 Å². The van der Waals surface area contributed by atoms with Gasteiger partial charge in [-0.15, -0.1) is 0 Å². The average molecular weight is 482 g/mol. The molecule has 160 valence electrons. The van der Waals surface area contributed by atoms with Crippen LogP contribution in [0.5, 0.6) is 17.2 Å². The number of fused-ring (bicyclic) bond motifs is 1. The van der Waals surface area contributed by atoms with Gasteiger partial charge in [-0.1, -0.05) is 65.9 Å². The predicted octanol–water partition coefficient (Wildman–Crippen LogP) is 6.05. The molecule has 3 aromatic carbocycles. The SMILES string of the molecule is O=C1/C(=C/c2cccc(OCc3ccccc3Cl)c2)SC(=S)N1c1ccc2c(c1)OCO2. The standard InChI is InChI=1S/C24H16ClNO4S2/c25-19-7-2-1-5-16(19)13-28-18-6-3-4-15(10-18)11-22-23(27)26(24(31)32-22)17-8-9-20-21(12-17)30-14-29-20/h1-12H,13-14H2/b22-11-. The topological polar surface area (TPSA) is 48.0 Å². The van der Waals surface area contributed by atoms with Crippen molar-refractivity contribution in [1.82, 2.24) is 0 Å². The molecule has 5 nitrogen and oxygen atoms in total. The molecule has 2 heterocycles. The zero-order valence-electron chi connectivity index (χ0n) is 16.6. The maximum atomic E-state index is 13.1. The fraction of sp³-hybridized carbons (Fsp3) is 0.0833. The van der Waals surface area contributed by atoms with Gasteiger partial charge in [0.2, 0.25) is 6.79 Å². The van der Waals surface area contributed by atoms with E-state index in [1.165, 1.54) is 16.7 Å². The highest BCUT2D eigenvalue weighted by Gasteiger charge is 2.34. The summed E-state index contributed by atoms with van der Waals surface area (Å²) in [5, 5.41) is 0.663. The Morgan fingerprint density at radius 3 is 2.78 bits per heavy atom. The van der Waals surface area contributed by atoms with Gasteiger partial charge in [-0.05, 0) is 42.0 Å². The molecule has 0 bridgehead atoms. The van der Waals surface area contributed by atoms with E-state index in [0.717, 1.165) is 11.1 Å². The van der Waals surface area contributed by atoms with Gasteiger partial charge in [0.1, 0.15) is 12.4 Å². The minimum Gasteiger partial charge on any atom is -0.489 e. The van der Waals surface area contributed by atoms with Crippen LogP contribution in [0.4, 0.5) is 5.69 Å². The van der Waals surface area contributed by atoms with E-state index in [-0.39, 0.29) is 12.7 Å². The Balaban J connectivity index is 1.34. The van der Waals surface area contributed by atoms with Crippen LogP contribution >= 0.6 is 35.6 Å². The average Bonchev–Trinajstić information content (AvgIpc) is 3.37. The second-order valence-electron chi connectivity index (χ2n) is 7.01. The van der Waals surface area contributed by atoms with Crippen LogP contribution in [0.2, 0.25) is 5.02 Å². The highest BCUT2D eigenvalue weighted by Crippen LogP contribution is 2.40. The van der Waals surface area contributed by atoms with Crippen molar-refractivity contribution >= 4 is 57.6 Å². The fourth-order valence-electron chi connectivity index (χ4n) is 3.34. The number of thioether (sulfide) groups is 1. The molecule has 0 unspecified atom stereocenters. The van der Waals surface area contributed by atoms with Crippen LogP contribution in [-0.4, -0.2) is 17.0 Å². The summed E-state index contributed by atoms with van der Waals surface area (Å²) in [5.41, 5.74) is 2.40. The molecule has 0 spiro atoms. The molecule has 0 aliphatic carbocycles. The number of rotatable bonds is 5. The number of benzene rings is 3. The van der Waals surface area contributed by atoms with E-state index >= 15 is 0 Å². The van der Waals surface area contributed by atoms with Gasteiger partial charge in [-0.25, -0.2) is 0 Å². The van der Waals surface area contributed by atoms with Gasteiger partial charge in [0.15, 0.2) is 15.8 Å². The summed E-state index contributed by atoms with van der Waals surface area (Å²) in [5.74, 6) is 1.76. The van der Waals surface area contributed by atoms with E-state index in [4.69, 9.17) is 38.0 Å². The number of anilines is 1. The van der Waals surface area contributed by atoms with Crippen molar-refractivity contribution in [2.45, 2.75) is 6.61 Å². The van der Waals surface area contributed by atoms with E-state index < -0.39 is 0 Å². The molecule has 0 N–H and O–H groups in total. The van der Waals surface area contributed by atoms with E-state index in [0.29, 0.717) is 43.8 Å². The first kappa shape index (κ1) is 20.9. The Morgan fingerprint density at radius 1 is 1.06 bits per heavy atom. The van der Waals surface area contributed by atoms with Crippen molar-refractivity contribution in [3.63, 3.8) is 0 Å². The number of hydrogen-bond donors (Lipinski definition) is 0. The van der Waals surface area contributed by atoms with Crippen molar-refractivity contribution in [2.75, 3.05) is 11.7 Å². The molecule has 8 heteroatoms. The number of carbonyl (C=O) groups is 1. The molecule has 1 amide bonds. The molecule has 2 aliphatic heterocycles. The van der Waals surface area contributed by atoms with Crippen LogP contribution in [0, 0.1) is 0 Å². The minimum absolute atomic E-state index is 0.173. The number of halogens is 1. The van der Waals surface area contributed by atoms with Crippen LogP contribution in [-0.2, 0) is 11.4 Å². The molecule has 2 aliphatic rings. The lowest BCUT2D eigenvalue weighted by Crippen LogP contribution is -2.27. The minimum atomic E-state index is -0.179. The third-order valence-corrected chi connectivity index (χ3v) is 6.59. The molecule has 0 radical (unpaired) electrons. The summed E-state index contributed by atoms with van der Waals surface area (Å²) in [6, 6.07) is 20.4. The highest BCUT2D eigenvalue weighted by atomic mass is 35.5. The molecule has 0 atom stereocenters. The van der Waals surface area contributed by atoms with Crippen molar-refractivity contribution in [1.29, 1.82) is 0 Å². The maximum Gasteiger partial charge on any atom is 0.270 e. The van der Waals surface area contributed by atoms with Crippen LogP contribution < -0.4 is 19.1 Å². The molecular weight excluding hydrogens is 466 g/mol. The molecule has 1 saturated heterocycles. The number of thiocarbonyl (C=S) groups is 1. The molecule has 0 aromatic heterocycles. The van der Waals surface area contributed by atoms with Gasteiger partial charge >= 0.3 is 0 Å². The summed E-state index contributed by atoms with van der Waals surface area (Å²) in [6.07, 6.45) is 1.81. The highest BCUT2D eigenvalue weighted by molar-refractivity contribution is 8.27. The van der Waals surface area contributed by atoms with Crippen LogP contribution in [0.1, 0.15) is 11.1 Å². The summed E-state index contributed by atoms with van der Waals surface area (Å²) < 4.78 is 17.1. The molecule has 5 rings (SSSR count). The van der Waals surface area contributed by atoms with Gasteiger partial charge in [0.05, 0.1) is 10.6 Å². The van der Waals surface area contributed by atoms with Crippen molar-refractivity contribution in [3.8, 4) is 17.2 Å². The molecule has 32 heavy (non-hydrogen) atoms. The normalized spacial score (nSPS) is 16.2. The van der Waals surface area contributed by atoms with E-state index in [9.17, 15) is 4.79 Å². The largest absolute Gasteiger partial charge is 0.489 e. The lowest BCUT2D eigenvalue weighted by Gasteiger charge is -2.14. The summed E-state index contributed by atoms with van der Waals surface area (Å²) >= 11 is 12.9. The molecule has 0 saturated carbocycles. The molecule has 1 fully saturated rings. The number of nitrogens with zero attached hydrogens (tertiary/aromatic N) is 1. The lowest BCUT2D eigenvalue weighted by atomic mass is 10.2. The summed E-state index contributed by atoms with van der Waals surface area (Å²) in [6.45, 7) is 0.529. The Bertz CT molecular complexity index is 1260. The first-order valence-electron chi connectivity index (χ1n) is 9.72. The maximum absolute atomic E-state index is 13.1. The smallest absolute Gasteiger partial charge is 0.270 e. The number of amides is 1. The van der Waals surface area contributed by atoms with E-state index in [1.54, 1.807) is 18.2 Å². The van der Waals surface area contributed by atoms with Gasteiger partial charge in [0.25, 0.3) is 5.91 Å². The van der Waals surface area contributed by atoms with Crippen LogP contribution in [0.25, 0.3) is 6.08 Å². The second-order valence-corrected chi connectivity index (χ2v) is 9.09. The Labute approximate surface area is 199 Å². The van der Waals surface area contributed by atoms with E-state index in [2.05, 4.69) is 0 Å². The third kappa shape index (κ3) is 4.19. The van der Waals surface area contributed by atoms with Crippen molar-refractivity contribution < 1.29 is 19.0 Å². The zero-order valence-corrected chi connectivity index (χ0v) is 19.0. The Kier molecular flexibility index (Phi) is 5.78. The van der Waals surface area contributed by atoms with Gasteiger partial charge < -0.3 is 14.2 Å². The quantitative estimate of drug-likeness (QED) is 0.326. The first-order chi connectivity index (χ1) is 15.6. The fourth-order valence-corrected chi connectivity index (χ4v) is 4.83. The third-order valence-electron chi connectivity index (χ3n) is 4.92. The van der Waals surface area contributed by atoms with Crippen LogP contribution in [0.3, 0.4) is 0 Å². The monoisotopic (exact) mass is 481 g/mol. The first-order valence-corrected chi connectivity index (χ1v) is 11.3. The van der Waals surface area contributed by atoms with Crippen molar-refractivity contribution in [2.24, 2.45) is 0 Å². The number of ether oxygens (including phenoxy) is 3. The van der Waals surface area contributed by atoms with E-state index in [1.807, 2.05) is 54.6 Å². The lowest BCUT2D eigenvalue weighted by molar-refractivity contribution is -0.113. The zero-order chi connectivity index (χ0) is 22.1. The Hall–Kier alpha value is -3.00. The van der Waals surface area contributed by atoms with Gasteiger partial charge in [0, 0.05) is 16.7 Å². The van der Waals surface area contributed by atoms with Crippen molar-refractivity contribution in [3.05, 3.63) is 87.8 Å². The number of hydrogen-bond acceptors (Lipinski definition) is 6. The summed E-state index contributed by atoms with van der Waals surface area (Å²) in [7, 11) is 0. The predicted molar refractivity (Wildman–Crippen MR) is 130 cm³/mol. The summed E-state index contributed by atoms with van der Waals surface area (Å²) in [4.78, 5) is 15.1. The Morgan fingerprint density at radius 2 is 1.91 bits per heavy atom. The number of carbonyl (C=O) groups excluding carboxylic acids is 1.